The van der Waals surface area contributed by atoms with E-state index in [1.165, 1.54) is 12.1 Å². The molecule has 0 aliphatic carbocycles. The average Bonchev–Trinajstić information content (AvgIpc) is 2.59. The summed E-state index contributed by atoms with van der Waals surface area (Å²) in [5, 5.41) is 12.2. The molecule has 1 aromatic heterocycles. The molecule has 26 heavy (non-hydrogen) atoms. The summed E-state index contributed by atoms with van der Waals surface area (Å²) < 4.78 is 67.2. The van der Waals surface area contributed by atoms with Crippen molar-refractivity contribution in [3.63, 3.8) is 0 Å². The normalized spacial score (nSPS) is 12.5. The smallest absolute Gasteiger partial charge is 0.422 e. The molecule has 0 spiro atoms. The number of aliphatic hydroxyl groups excluding tert-OH is 1. The third kappa shape index (κ3) is 5.38. The summed E-state index contributed by atoms with van der Waals surface area (Å²) in [7, 11) is 0. The molecule has 2 aromatic rings. The fourth-order valence-electron chi connectivity index (χ4n) is 1.95. The van der Waals surface area contributed by atoms with Gasteiger partial charge in [-0.25, -0.2) is 13.8 Å². The van der Waals surface area contributed by atoms with Crippen LogP contribution in [0.2, 0.25) is 0 Å². The number of ether oxygens (including phenoxy) is 1. The highest BCUT2D eigenvalue weighted by molar-refractivity contribution is 5.96. The number of aliphatic hydroxyl groups is 1. The van der Waals surface area contributed by atoms with E-state index in [9.17, 15) is 31.9 Å². The first kappa shape index (κ1) is 19.6. The Bertz CT molecular complexity index is 783. The first-order valence-corrected chi connectivity index (χ1v) is 7.23. The Labute approximate surface area is 144 Å². The highest BCUT2D eigenvalue weighted by atomic mass is 19.4. The van der Waals surface area contributed by atoms with Gasteiger partial charge < -0.3 is 15.2 Å². The van der Waals surface area contributed by atoms with Crippen molar-refractivity contribution in [2.45, 2.75) is 12.3 Å². The lowest BCUT2D eigenvalue weighted by Crippen LogP contribution is -2.29. The molecule has 5 nitrogen and oxygen atoms in total. The quantitative estimate of drug-likeness (QED) is 0.761. The van der Waals surface area contributed by atoms with E-state index in [2.05, 4.69) is 15.0 Å². The molecule has 1 atom stereocenters. The molecule has 0 unspecified atom stereocenters. The van der Waals surface area contributed by atoms with Crippen LogP contribution in [0.4, 0.5) is 22.0 Å². The van der Waals surface area contributed by atoms with Gasteiger partial charge in [0.25, 0.3) is 5.91 Å². The molecular weight excluding hydrogens is 363 g/mol. The number of amides is 1. The highest BCUT2D eigenvalue weighted by Crippen LogP contribution is 2.20. The maximum absolute atomic E-state index is 13.1. The first-order valence-electron chi connectivity index (χ1n) is 7.23. The summed E-state index contributed by atoms with van der Waals surface area (Å²) in [5.74, 6) is -3.63. The maximum atomic E-state index is 13.1. The summed E-state index contributed by atoms with van der Waals surface area (Å²) in [5.41, 5.74) is -0.252. The number of pyridine rings is 1. The molecule has 2 rings (SSSR count). The van der Waals surface area contributed by atoms with Crippen LogP contribution >= 0.6 is 0 Å². The Balaban J connectivity index is 2.02. The van der Waals surface area contributed by atoms with Crippen LogP contribution in [0.15, 0.2) is 36.5 Å². The number of hydrogen-bond donors (Lipinski definition) is 2. The van der Waals surface area contributed by atoms with Crippen LogP contribution in [0.5, 0.6) is 5.88 Å². The fourth-order valence-corrected chi connectivity index (χ4v) is 1.95. The number of carbonyl (C=O) groups is 1. The van der Waals surface area contributed by atoms with Crippen molar-refractivity contribution in [3.05, 3.63) is 59.3 Å². The number of aromatic nitrogens is 1. The molecule has 2 N–H and O–H groups in total. The Morgan fingerprint density at radius 1 is 1.23 bits per heavy atom. The number of alkyl halides is 3. The van der Waals surface area contributed by atoms with Crippen LogP contribution in [0, 0.1) is 11.6 Å². The van der Waals surface area contributed by atoms with Crippen LogP contribution in [0.1, 0.15) is 22.0 Å². The average molecular weight is 376 g/mol. The van der Waals surface area contributed by atoms with Crippen molar-refractivity contribution in [2.75, 3.05) is 13.2 Å². The van der Waals surface area contributed by atoms with Gasteiger partial charge in [-0.1, -0.05) is 6.07 Å². The van der Waals surface area contributed by atoms with Crippen LogP contribution in [0.3, 0.4) is 0 Å². The minimum Gasteiger partial charge on any atom is -0.467 e. The van der Waals surface area contributed by atoms with E-state index in [1.54, 1.807) is 0 Å². The van der Waals surface area contributed by atoms with Crippen LogP contribution in [-0.4, -0.2) is 35.3 Å². The predicted molar refractivity (Wildman–Crippen MR) is 79.4 cm³/mol. The molecule has 0 aliphatic rings. The lowest BCUT2D eigenvalue weighted by atomic mass is 10.1. The van der Waals surface area contributed by atoms with Gasteiger partial charge in [0.2, 0.25) is 5.88 Å². The fraction of sp³-hybridized carbons (Fsp3) is 0.250. The van der Waals surface area contributed by atoms with Crippen LogP contribution in [0.25, 0.3) is 0 Å². The van der Waals surface area contributed by atoms with E-state index in [0.29, 0.717) is 0 Å². The zero-order chi connectivity index (χ0) is 19.3. The van der Waals surface area contributed by atoms with Crippen molar-refractivity contribution in [1.82, 2.24) is 10.3 Å². The number of nitrogens with one attached hydrogen (secondary N) is 1. The standard InChI is InChI=1S/C16H13F5N2O3/c17-11-4-3-9(6-12(11)18)13(24)7-23-14(25)10-2-1-5-22-15(10)26-8-16(19,20)21/h1-6,13,24H,7-8H2,(H,23,25)/t13-/m1/s1. The summed E-state index contributed by atoms with van der Waals surface area (Å²) >= 11 is 0. The summed E-state index contributed by atoms with van der Waals surface area (Å²) in [6.45, 7) is -2.01. The third-order valence-corrected chi connectivity index (χ3v) is 3.17. The predicted octanol–water partition coefficient (Wildman–Crippen LogP) is 2.76. The van der Waals surface area contributed by atoms with E-state index in [0.717, 1.165) is 24.4 Å². The molecule has 0 aliphatic heterocycles. The van der Waals surface area contributed by atoms with Gasteiger partial charge in [-0.2, -0.15) is 13.2 Å². The van der Waals surface area contributed by atoms with Crippen molar-refractivity contribution in [3.8, 4) is 5.88 Å². The summed E-state index contributed by atoms with van der Waals surface area (Å²) in [6.07, 6.45) is -4.81. The van der Waals surface area contributed by atoms with Gasteiger partial charge in [0.05, 0.1) is 6.10 Å². The zero-order valence-electron chi connectivity index (χ0n) is 13.1. The van der Waals surface area contributed by atoms with Gasteiger partial charge in [0.1, 0.15) is 5.56 Å². The van der Waals surface area contributed by atoms with Crippen molar-refractivity contribution < 1.29 is 36.6 Å². The maximum Gasteiger partial charge on any atom is 0.422 e. The molecule has 0 saturated carbocycles. The molecule has 1 aromatic carbocycles. The van der Waals surface area contributed by atoms with E-state index in [1.807, 2.05) is 0 Å². The molecule has 140 valence electrons. The molecule has 0 bridgehead atoms. The second-order valence-corrected chi connectivity index (χ2v) is 5.16. The van der Waals surface area contributed by atoms with Crippen LogP contribution < -0.4 is 10.1 Å². The summed E-state index contributed by atoms with van der Waals surface area (Å²) in [4.78, 5) is 15.7. The van der Waals surface area contributed by atoms with Crippen molar-refractivity contribution in [2.24, 2.45) is 0 Å². The Hall–Kier alpha value is -2.75. The topological polar surface area (TPSA) is 71.5 Å². The van der Waals surface area contributed by atoms with E-state index >= 15 is 0 Å². The molecule has 1 heterocycles. The molecular formula is C16H13F5N2O3. The van der Waals surface area contributed by atoms with Crippen molar-refractivity contribution >= 4 is 5.91 Å². The monoisotopic (exact) mass is 376 g/mol. The number of hydrogen-bond acceptors (Lipinski definition) is 4. The minimum atomic E-state index is -4.60. The number of benzene rings is 1. The third-order valence-electron chi connectivity index (χ3n) is 3.17. The summed E-state index contributed by atoms with van der Waals surface area (Å²) in [6, 6.07) is 5.24. The Morgan fingerprint density at radius 2 is 1.96 bits per heavy atom. The Morgan fingerprint density at radius 3 is 2.62 bits per heavy atom. The molecule has 10 heteroatoms. The number of carbonyl (C=O) groups excluding carboxylic acids is 1. The molecule has 1 amide bonds. The van der Waals surface area contributed by atoms with Crippen LogP contribution in [-0.2, 0) is 0 Å². The van der Waals surface area contributed by atoms with Gasteiger partial charge in [-0.05, 0) is 29.8 Å². The van der Waals surface area contributed by atoms with Gasteiger partial charge in [0.15, 0.2) is 18.2 Å². The number of rotatable bonds is 6. The number of nitrogens with zero attached hydrogens (tertiary/aromatic N) is 1. The largest absolute Gasteiger partial charge is 0.467 e. The Kier molecular flexibility index (Phi) is 6.09. The second-order valence-electron chi connectivity index (χ2n) is 5.16. The number of halogens is 5. The van der Waals surface area contributed by atoms with Gasteiger partial charge >= 0.3 is 6.18 Å². The lowest BCUT2D eigenvalue weighted by Gasteiger charge is -2.14. The minimum absolute atomic E-state index is 0.0175. The van der Waals surface area contributed by atoms with Gasteiger partial charge in [0, 0.05) is 12.7 Å². The van der Waals surface area contributed by atoms with Gasteiger partial charge in [-0.3, -0.25) is 4.79 Å². The molecule has 0 radical (unpaired) electrons. The highest BCUT2D eigenvalue weighted by Gasteiger charge is 2.29. The van der Waals surface area contributed by atoms with Gasteiger partial charge in [-0.15, -0.1) is 0 Å². The van der Waals surface area contributed by atoms with E-state index < -0.39 is 48.9 Å². The second kappa shape index (κ2) is 8.09. The van der Waals surface area contributed by atoms with E-state index in [4.69, 9.17) is 0 Å². The molecule has 0 fully saturated rings. The first-order chi connectivity index (χ1) is 12.2. The lowest BCUT2D eigenvalue weighted by molar-refractivity contribution is -0.154. The van der Waals surface area contributed by atoms with Crippen molar-refractivity contribution in [1.29, 1.82) is 0 Å². The zero-order valence-corrected chi connectivity index (χ0v) is 13.1. The van der Waals surface area contributed by atoms with E-state index in [-0.39, 0.29) is 11.1 Å². The SMILES string of the molecule is O=C(NC[C@@H](O)c1ccc(F)c(F)c1)c1cccnc1OCC(F)(F)F. The molecule has 0 saturated heterocycles.